The van der Waals surface area contributed by atoms with Crippen molar-refractivity contribution in [2.45, 2.75) is 191 Å². The summed E-state index contributed by atoms with van der Waals surface area (Å²) < 4.78 is 35.2. The molecule has 0 radical (unpaired) electrons. The zero-order chi connectivity index (χ0) is 102. The van der Waals surface area contributed by atoms with Crippen molar-refractivity contribution in [1.82, 2.24) is 77.3 Å². The Morgan fingerprint density at radius 3 is 0.953 bits per heavy atom. The van der Waals surface area contributed by atoms with Crippen molar-refractivity contribution in [3.63, 3.8) is 0 Å². The Hall–Kier alpha value is -17.3. The van der Waals surface area contributed by atoms with E-state index in [1.54, 1.807) is 13.2 Å². The largest absolute Gasteiger partial charge is 0.423 e. The molecule has 5 aliphatic carbocycles. The number of thiazole rings is 2. The van der Waals surface area contributed by atoms with Gasteiger partial charge in [0, 0.05) is 47.1 Å². The first-order valence-electron chi connectivity index (χ1n) is 49.9. The molecule has 15 aromatic rings. The Balaban J connectivity index is 0.000000106. The van der Waals surface area contributed by atoms with Gasteiger partial charge in [-0.1, -0.05) is 172 Å². The van der Waals surface area contributed by atoms with Crippen molar-refractivity contribution >= 4 is 211 Å². The van der Waals surface area contributed by atoms with Crippen molar-refractivity contribution < 1.29 is 50.6 Å². The van der Waals surface area contributed by atoms with Gasteiger partial charge in [0.15, 0.2) is 49.6 Å². The number of benzene rings is 7. The van der Waals surface area contributed by atoms with Crippen LogP contribution < -0.4 is 79.8 Å². The van der Waals surface area contributed by atoms with Gasteiger partial charge < -0.3 is 69.1 Å². The minimum atomic E-state index is -0.618. The maximum absolute atomic E-state index is 13.5. The lowest BCUT2D eigenvalue weighted by Gasteiger charge is -2.34. The smallest absolute Gasteiger partial charge is 0.302 e. The summed E-state index contributed by atoms with van der Waals surface area (Å²) >= 11 is 2.87. The molecule has 5 spiro atoms. The van der Waals surface area contributed by atoms with Crippen molar-refractivity contribution in [2.24, 2.45) is 30.0 Å². The fourth-order valence-corrected chi connectivity index (χ4v) is 23.2. The third-order valence-corrected chi connectivity index (χ3v) is 29.8. The van der Waals surface area contributed by atoms with Gasteiger partial charge in [-0.05, 0) is 190 Å². The number of anilines is 8. The first kappa shape index (κ1) is 96.5. The second-order valence-corrected chi connectivity index (χ2v) is 40.0. The minimum absolute atomic E-state index is 0.0726. The summed E-state index contributed by atoms with van der Waals surface area (Å²) in [7, 11) is 1.65. The molecule has 7 aromatic carbocycles. The minimum Gasteiger partial charge on any atom is -0.423 e. The normalized spacial score (nSPS) is 18.3. The maximum atomic E-state index is 13.5. The molecule has 15 N–H and O–H groups in total. The van der Waals surface area contributed by atoms with E-state index in [0.29, 0.717) is 139 Å². The number of para-hydroxylation sites is 12. The summed E-state index contributed by atoms with van der Waals surface area (Å²) in [6.45, 7) is 10.1. The summed E-state index contributed by atoms with van der Waals surface area (Å²) in [5.41, 5.74) is 13.4. The van der Waals surface area contributed by atoms with E-state index in [1.165, 1.54) is 22.7 Å². The van der Waals surface area contributed by atoms with Crippen LogP contribution in [0.2, 0.25) is 0 Å². The van der Waals surface area contributed by atoms with Crippen LogP contribution in [0.15, 0.2) is 307 Å². The predicted molar refractivity (Wildman–Crippen MR) is 576 cm³/mol. The number of hydrogen-bond donors (Lipinski definition) is 15. The second kappa shape index (κ2) is 40.9. The highest BCUT2D eigenvalue weighted by atomic mass is 32.1. The van der Waals surface area contributed by atoms with Gasteiger partial charge in [-0.2, -0.15) is 24.9 Å². The summed E-state index contributed by atoms with van der Waals surface area (Å²) in [4.78, 5) is 125. The molecule has 0 bridgehead atoms. The highest BCUT2D eigenvalue weighted by molar-refractivity contribution is 7.22. The first-order valence-corrected chi connectivity index (χ1v) is 51.6. The van der Waals surface area contributed by atoms with Crippen LogP contribution in [0.4, 0.5) is 46.2 Å². The van der Waals surface area contributed by atoms with Crippen LogP contribution in [0.1, 0.15) is 163 Å². The number of amidine groups is 1. The summed E-state index contributed by atoms with van der Waals surface area (Å²) in [5, 5.41) is 54.1. The van der Waals surface area contributed by atoms with Crippen LogP contribution in [0.3, 0.4) is 0 Å². The number of nitrogens with zero attached hydrogens (tertiary/aromatic N) is 14. The highest BCUT2D eigenvalue weighted by Crippen LogP contribution is 2.49. The third-order valence-electron chi connectivity index (χ3n) is 28.1. The summed E-state index contributed by atoms with van der Waals surface area (Å²) in [6.07, 6.45) is 23.9. The topological polar surface area (TPSA) is 522 Å². The molecule has 8 aromatic heterocycles. The molecule has 149 heavy (non-hydrogen) atoms. The molecule has 6 aliphatic heterocycles. The summed E-state index contributed by atoms with van der Waals surface area (Å²) in [6, 6.07) is 55.1. The van der Waals surface area contributed by atoms with Gasteiger partial charge in [-0.3, -0.25) is 66.2 Å². The van der Waals surface area contributed by atoms with Crippen molar-refractivity contribution in [2.75, 3.05) is 56.1 Å². The number of likely N-dealkylation sites (N-methyl/N-ethyl adjacent to an activating group) is 1. The molecule has 5 amide bonds. The van der Waals surface area contributed by atoms with Crippen molar-refractivity contribution in [3.8, 4) is 0 Å². The summed E-state index contributed by atoms with van der Waals surface area (Å²) in [5.74, 6) is 2.95. The van der Waals surface area contributed by atoms with Gasteiger partial charge in [-0.25, -0.2) is 34.9 Å². The molecule has 40 nitrogen and oxygen atoms in total. The van der Waals surface area contributed by atoms with E-state index in [1.807, 2.05) is 222 Å². The van der Waals surface area contributed by atoms with Crippen molar-refractivity contribution in [3.05, 3.63) is 250 Å². The second-order valence-electron chi connectivity index (χ2n) is 38.1. The number of rotatable bonds is 13. The molecule has 14 heterocycles. The zero-order valence-electron chi connectivity index (χ0n) is 82.4. The molecule has 5 saturated carbocycles. The quantitative estimate of drug-likeness (QED) is 0.0510. The number of fused-ring (bicyclic) bond motifs is 7. The molecule has 42 heteroatoms. The number of aromatic nitrogens is 8. The fourth-order valence-electron chi connectivity index (χ4n) is 21.8. The van der Waals surface area contributed by atoms with E-state index in [-0.39, 0.29) is 29.5 Å². The highest BCUT2D eigenvalue weighted by Gasteiger charge is 2.51. The van der Waals surface area contributed by atoms with Crippen LogP contribution >= 0.6 is 22.7 Å². The van der Waals surface area contributed by atoms with E-state index in [0.717, 1.165) is 211 Å². The van der Waals surface area contributed by atoms with Gasteiger partial charge in [0.2, 0.25) is 29.8 Å². The molecule has 0 atom stereocenters. The number of guanidine groups is 5. The standard InChI is InChI=1S/C24H22N6O3.C24H22N6O2S.C21H22N6O2.C20H20N6O2S.C18H21N5O2/c1-14-19(21(31)27-20-15-8-2-4-10-17(15)33-30-20)24(12-6-7-13-24)29-22(25-14)28-23-26-16-9-3-5-11-18(16)32-23;1-14-19(20(31)28-23-27-16-9-3-5-11-18(16)33-23)24(12-6-7-13-24)30-21(25-14)29-22-26-15-8-2-4-10-17(15)32-22;1-13-17(18(28)25-16-9-6-12-22-16)21(10-4-5-11-21)27-19(23-13)26-20-24-14-7-2-3-8-15(14)29-20;1-12-15(16(27)24-19-21-10-11-29-19)20(8-4-5-9-20)26-17(22-12)25-18-23-13-6-2-3-7-14(13)28-18;1-11-14(15(24)19-2)18(9-5-6-10-18)23-16(20-11)22-17-21-12-7-3-4-8-13(12)25-17/h2-5,8-11H,6-7,12-13H2,1H3,(H,27,30,31)(H2,25,26,28,29);2-5,8-11H,6-7,12-13H2,1H3,(H,27,28,31)(H2,25,26,29,30);2-3,6-9H,4-5,10-12H2,1H3,(H,22,25,28)(H2,23,24,26,27);2-3,6-7,10-11H,4-5,8-9H2,1H3,(H,21,24,27)(H2,22,23,25,26);3-4,7-8H,5-6,9-10H2,1-2H3,(H,19,24)(H2,20,21,22,23). The Kier molecular flexibility index (Phi) is 26.5. The van der Waals surface area contributed by atoms with Crippen LogP contribution in [0, 0.1) is 0 Å². The monoisotopic (exact) mass is 2040 g/mol. The third kappa shape index (κ3) is 20.0. The number of nitrogens with one attached hydrogen (secondary N) is 15. The van der Waals surface area contributed by atoms with Crippen LogP contribution in [0.5, 0.6) is 0 Å². The van der Waals surface area contributed by atoms with Crippen molar-refractivity contribution in [1.29, 1.82) is 0 Å². The van der Waals surface area contributed by atoms with E-state index in [2.05, 4.69) is 125 Å². The number of carbonyl (C=O) groups is 5. The van der Waals surface area contributed by atoms with E-state index >= 15 is 0 Å². The van der Waals surface area contributed by atoms with Gasteiger partial charge in [-0.15, -0.1) is 11.3 Å². The van der Waals surface area contributed by atoms with E-state index in [9.17, 15) is 24.0 Å². The average molecular weight is 2040 g/mol. The molecule has 5 fully saturated rings. The van der Waals surface area contributed by atoms with Gasteiger partial charge >= 0.3 is 30.1 Å². The van der Waals surface area contributed by atoms with Crippen LogP contribution in [0.25, 0.3) is 76.7 Å². The Morgan fingerprint density at radius 2 is 0.638 bits per heavy atom. The Morgan fingerprint density at radius 1 is 0.336 bits per heavy atom. The molecular weight excluding hydrogens is 1930 g/mol. The molecule has 0 saturated heterocycles. The number of amides is 5. The van der Waals surface area contributed by atoms with Gasteiger partial charge in [0.05, 0.1) is 77.7 Å². The predicted octanol–water partition coefficient (Wildman–Crippen LogP) is 18.9. The lowest BCUT2D eigenvalue weighted by molar-refractivity contribution is -0.118. The van der Waals surface area contributed by atoms with Gasteiger partial charge in [0.25, 0.3) is 29.5 Å². The molecule has 0 unspecified atom stereocenters. The lowest BCUT2D eigenvalue weighted by atomic mass is 9.85. The number of aliphatic imine (C=N–C) groups is 6. The fraction of sp³-hybridized carbons (Fsp3) is 0.299. The lowest BCUT2D eigenvalue weighted by Crippen LogP contribution is -2.47. The van der Waals surface area contributed by atoms with E-state index in [4.69, 9.17) is 51.6 Å². The maximum Gasteiger partial charge on any atom is 0.302 e. The Bertz CT molecular complexity index is 7970. The number of oxazole rings is 5. The Labute approximate surface area is 860 Å². The van der Waals surface area contributed by atoms with Crippen LogP contribution in [-0.4, -0.2) is 147 Å². The van der Waals surface area contributed by atoms with Gasteiger partial charge in [0.1, 0.15) is 33.4 Å². The number of hydrogen-bond acceptors (Lipinski definition) is 37. The molecule has 26 rings (SSSR count). The average Bonchev–Trinajstić information content (AvgIpc) is 1.67. The molecular formula is C107H107N29O11S2. The SMILES string of the molecule is CC1=C(C(=O)NC2=NCC=C2)C2(CCCC2)N=C(Nc2nc3ccccc3o2)N1.CC1=C(C(=O)Nc2nc3ccccc3s2)C2(CCCC2)N=C(Nc2nc3ccccc3o2)N1.CC1=C(C(=O)Nc2nccs2)C2(CCCC2)N=C(Nc2nc3ccccc3o2)N1.CC1=C(C(=O)Nc2noc3ccccc23)C2(CCCC2)N=C(Nc2nc3ccccc3o2)N1.CNC(=O)C1=C(C)NC(Nc2nc3ccccc3o2)=NC12CCCC2. The van der Waals surface area contributed by atoms with E-state index < -0.39 is 27.7 Å². The molecule has 758 valence electrons. The number of allylic oxidation sites excluding steroid dienone is 5. The van der Waals surface area contributed by atoms with Crippen LogP contribution in [-0.2, 0) is 24.0 Å². The zero-order valence-corrected chi connectivity index (χ0v) is 84.0. The number of carbonyl (C=O) groups excluding carboxylic acids is 5. The first-order chi connectivity index (χ1) is 72.6. The molecule has 11 aliphatic rings.